The van der Waals surface area contributed by atoms with Gasteiger partial charge in [-0.3, -0.25) is 9.59 Å². The summed E-state index contributed by atoms with van der Waals surface area (Å²) in [7, 11) is 0. The van der Waals surface area contributed by atoms with Crippen LogP contribution in [0.25, 0.3) is 0 Å². The van der Waals surface area contributed by atoms with Crippen LogP contribution in [0, 0.1) is 0 Å². The maximum Gasteiger partial charge on any atom is 0.242 e. The summed E-state index contributed by atoms with van der Waals surface area (Å²) in [6.07, 6.45) is 4.34. The molecule has 7 heteroatoms. The highest BCUT2D eigenvalue weighted by atomic mass is 35.5. The van der Waals surface area contributed by atoms with E-state index in [0.29, 0.717) is 13.0 Å². The molecule has 2 aliphatic heterocycles. The Morgan fingerprint density at radius 2 is 2.20 bits per heavy atom. The summed E-state index contributed by atoms with van der Waals surface area (Å²) in [5, 5.41) is 3.04. The number of rotatable bonds is 3. The molecule has 2 fully saturated rings. The zero-order valence-electron chi connectivity index (χ0n) is 11.8. The number of amides is 2. The molecule has 3 atom stereocenters. The molecule has 2 rings (SSSR count). The maximum absolute atomic E-state index is 12.4. The lowest BCUT2D eigenvalue weighted by Crippen LogP contribution is -2.58. The molecule has 0 aromatic heterocycles. The van der Waals surface area contributed by atoms with Gasteiger partial charge in [0.05, 0.1) is 11.4 Å². The van der Waals surface area contributed by atoms with Crippen molar-refractivity contribution >= 4 is 36.0 Å². The smallest absolute Gasteiger partial charge is 0.242 e. The Labute approximate surface area is 130 Å². The molecule has 20 heavy (non-hydrogen) atoms. The number of carbonyl (C=O) groups is 2. The first-order valence-electron chi connectivity index (χ1n) is 7.12. The average Bonchev–Trinajstić information content (AvgIpc) is 2.56. The van der Waals surface area contributed by atoms with E-state index in [0.717, 1.165) is 31.4 Å². The number of halogens is 1. The standard InChI is InChI=1S/C13H23N3O2S.ClH/c1-2-7-15-12(17)10-4-3-5-11-16(10)13(18)9(14)6-8-19-11;/h9-11H,2-8,14H2,1H3,(H,15,17);1H/t9?,10?,11-;/m0./s1. The van der Waals surface area contributed by atoms with Gasteiger partial charge in [-0.05, 0) is 37.9 Å². The van der Waals surface area contributed by atoms with Crippen LogP contribution in [0.5, 0.6) is 0 Å². The lowest BCUT2D eigenvalue weighted by atomic mass is 9.99. The predicted octanol–water partition coefficient (Wildman–Crippen LogP) is 1.11. The van der Waals surface area contributed by atoms with Crippen LogP contribution in [-0.2, 0) is 9.59 Å². The van der Waals surface area contributed by atoms with Crippen LogP contribution < -0.4 is 11.1 Å². The molecule has 116 valence electrons. The summed E-state index contributed by atoms with van der Waals surface area (Å²) >= 11 is 1.77. The minimum atomic E-state index is -0.447. The van der Waals surface area contributed by atoms with Crippen molar-refractivity contribution < 1.29 is 9.59 Å². The van der Waals surface area contributed by atoms with Gasteiger partial charge >= 0.3 is 0 Å². The first-order chi connectivity index (χ1) is 9.15. The van der Waals surface area contributed by atoms with Crippen LogP contribution in [0.2, 0.25) is 0 Å². The van der Waals surface area contributed by atoms with Gasteiger partial charge in [0.25, 0.3) is 0 Å². The van der Waals surface area contributed by atoms with Crippen LogP contribution in [0.1, 0.15) is 39.0 Å². The van der Waals surface area contributed by atoms with Crippen LogP contribution >= 0.6 is 24.2 Å². The lowest BCUT2D eigenvalue weighted by molar-refractivity contribution is -0.144. The molecule has 0 radical (unpaired) electrons. The van der Waals surface area contributed by atoms with E-state index in [1.54, 1.807) is 16.7 Å². The number of thioether (sulfide) groups is 1. The van der Waals surface area contributed by atoms with Crippen LogP contribution in [-0.4, -0.2) is 46.5 Å². The molecular formula is C13H24ClN3O2S. The fourth-order valence-electron chi connectivity index (χ4n) is 2.69. The maximum atomic E-state index is 12.4. The van der Waals surface area contributed by atoms with E-state index in [4.69, 9.17) is 5.73 Å². The zero-order chi connectivity index (χ0) is 13.8. The second kappa shape index (κ2) is 8.10. The summed E-state index contributed by atoms with van der Waals surface area (Å²) in [4.78, 5) is 26.4. The molecule has 5 nitrogen and oxygen atoms in total. The Hall–Kier alpha value is -0.460. The van der Waals surface area contributed by atoms with Gasteiger partial charge in [0.1, 0.15) is 6.04 Å². The van der Waals surface area contributed by atoms with Crippen LogP contribution in [0.3, 0.4) is 0 Å². The van der Waals surface area contributed by atoms with E-state index in [2.05, 4.69) is 5.32 Å². The number of hydrogen-bond donors (Lipinski definition) is 2. The lowest BCUT2D eigenvalue weighted by Gasteiger charge is -2.40. The van der Waals surface area contributed by atoms with E-state index in [1.807, 2.05) is 6.92 Å². The highest BCUT2D eigenvalue weighted by molar-refractivity contribution is 7.99. The SMILES string of the molecule is CCCNC(=O)C1CCC[C@@H]2SCCC(N)C(=O)N12.Cl. The Morgan fingerprint density at radius 1 is 1.45 bits per heavy atom. The third-order valence-electron chi connectivity index (χ3n) is 3.74. The highest BCUT2D eigenvalue weighted by Crippen LogP contribution is 2.33. The van der Waals surface area contributed by atoms with Gasteiger partial charge in [-0.25, -0.2) is 0 Å². The summed E-state index contributed by atoms with van der Waals surface area (Å²) in [6.45, 7) is 2.69. The topological polar surface area (TPSA) is 75.4 Å². The van der Waals surface area contributed by atoms with E-state index >= 15 is 0 Å². The number of hydrogen-bond acceptors (Lipinski definition) is 4. The van der Waals surface area contributed by atoms with Gasteiger partial charge in [0, 0.05) is 6.54 Å². The van der Waals surface area contributed by atoms with Gasteiger partial charge in [-0.2, -0.15) is 0 Å². The van der Waals surface area contributed by atoms with Crippen molar-refractivity contribution in [1.29, 1.82) is 0 Å². The average molecular weight is 322 g/mol. The van der Waals surface area contributed by atoms with Gasteiger partial charge in [-0.15, -0.1) is 24.2 Å². The van der Waals surface area contributed by atoms with Crippen molar-refractivity contribution in [1.82, 2.24) is 10.2 Å². The summed E-state index contributed by atoms with van der Waals surface area (Å²) in [6, 6.07) is -0.772. The largest absolute Gasteiger partial charge is 0.354 e. The Kier molecular flexibility index (Phi) is 7.12. The van der Waals surface area contributed by atoms with E-state index < -0.39 is 6.04 Å². The number of fused-ring (bicyclic) bond motifs is 1. The minimum absolute atomic E-state index is 0. The fourth-order valence-corrected chi connectivity index (χ4v) is 4.10. The van der Waals surface area contributed by atoms with E-state index in [-0.39, 0.29) is 35.6 Å². The predicted molar refractivity (Wildman–Crippen MR) is 83.9 cm³/mol. The first-order valence-corrected chi connectivity index (χ1v) is 8.17. The molecule has 0 bridgehead atoms. The van der Waals surface area contributed by atoms with Crippen molar-refractivity contribution in [2.24, 2.45) is 5.73 Å². The third-order valence-corrected chi connectivity index (χ3v) is 5.06. The van der Waals surface area contributed by atoms with Crippen molar-refractivity contribution in [3.05, 3.63) is 0 Å². The minimum Gasteiger partial charge on any atom is -0.354 e. The summed E-state index contributed by atoms with van der Waals surface area (Å²) in [5.74, 6) is 0.832. The second-order valence-corrected chi connectivity index (χ2v) is 6.49. The zero-order valence-corrected chi connectivity index (χ0v) is 13.5. The normalized spacial score (nSPS) is 30.0. The van der Waals surface area contributed by atoms with Gasteiger partial charge < -0.3 is 16.0 Å². The molecule has 3 N–H and O–H groups in total. The van der Waals surface area contributed by atoms with Crippen molar-refractivity contribution in [3.63, 3.8) is 0 Å². The number of nitrogens with zero attached hydrogens (tertiary/aromatic N) is 1. The van der Waals surface area contributed by atoms with Gasteiger partial charge in [-0.1, -0.05) is 6.92 Å². The number of nitrogens with two attached hydrogens (primary N) is 1. The number of nitrogens with one attached hydrogen (secondary N) is 1. The Balaban J connectivity index is 0.00000200. The van der Waals surface area contributed by atoms with Crippen molar-refractivity contribution in [2.45, 2.75) is 56.5 Å². The molecule has 0 aromatic rings. The van der Waals surface area contributed by atoms with Crippen molar-refractivity contribution in [2.75, 3.05) is 12.3 Å². The molecule has 0 spiro atoms. The number of piperidine rings is 1. The van der Waals surface area contributed by atoms with E-state index in [9.17, 15) is 9.59 Å². The second-order valence-electron chi connectivity index (χ2n) is 5.20. The molecule has 0 aliphatic carbocycles. The summed E-state index contributed by atoms with van der Waals surface area (Å²) < 4.78 is 0. The molecule has 2 amide bonds. The summed E-state index contributed by atoms with van der Waals surface area (Å²) in [5.41, 5.74) is 5.91. The first kappa shape index (κ1) is 17.6. The monoisotopic (exact) mass is 321 g/mol. The molecule has 2 unspecified atom stereocenters. The quantitative estimate of drug-likeness (QED) is 0.816. The van der Waals surface area contributed by atoms with Crippen LogP contribution in [0.4, 0.5) is 0 Å². The molecule has 2 aliphatic rings. The Morgan fingerprint density at radius 3 is 2.90 bits per heavy atom. The van der Waals surface area contributed by atoms with Crippen LogP contribution in [0.15, 0.2) is 0 Å². The molecule has 0 saturated carbocycles. The molecule has 2 heterocycles. The molecular weight excluding hydrogens is 298 g/mol. The van der Waals surface area contributed by atoms with Gasteiger partial charge in [0.2, 0.25) is 11.8 Å². The Bertz CT molecular complexity index is 357. The van der Waals surface area contributed by atoms with Crippen molar-refractivity contribution in [3.8, 4) is 0 Å². The number of carbonyl (C=O) groups excluding carboxylic acids is 2. The molecule has 2 saturated heterocycles. The van der Waals surface area contributed by atoms with E-state index in [1.165, 1.54) is 0 Å². The van der Waals surface area contributed by atoms with Gasteiger partial charge in [0.15, 0.2) is 0 Å². The third kappa shape index (κ3) is 3.80. The fraction of sp³-hybridized carbons (Fsp3) is 0.846. The highest BCUT2D eigenvalue weighted by Gasteiger charge is 2.41. The molecule has 0 aromatic carbocycles.